The van der Waals surface area contributed by atoms with Gasteiger partial charge in [0.15, 0.2) is 0 Å². The first kappa shape index (κ1) is 14.5. The molecule has 8 heteroatoms. The number of nitrogens with zero attached hydrogens (tertiary/aromatic N) is 2. The van der Waals surface area contributed by atoms with E-state index in [1.54, 1.807) is 0 Å². The minimum atomic E-state index is -3.23. The summed E-state index contributed by atoms with van der Waals surface area (Å²) in [4.78, 5) is 23.0. The molecule has 0 fully saturated rings. The lowest BCUT2D eigenvalue weighted by atomic mass is 10.3. The Morgan fingerprint density at radius 3 is 2.56 bits per heavy atom. The maximum Gasteiger partial charge on any atom is 0.330 e. The molecule has 0 aliphatic rings. The molecule has 0 aliphatic heterocycles. The van der Waals surface area contributed by atoms with Crippen LogP contribution in [0.15, 0.2) is 15.8 Å². The molecule has 0 radical (unpaired) electrons. The molecule has 0 spiro atoms. The Hall–Kier alpha value is -1.54. The molecule has 0 bridgehead atoms. The molecule has 6 nitrogen and oxygen atoms in total. The van der Waals surface area contributed by atoms with Crippen molar-refractivity contribution in [2.45, 2.75) is 12.5 Å². The van der Waals surface area contributed by atoms with E-state index in [9.17, 15) is 18.4 Å². The molecule has 0 amide bonds. The Morgan fingerprint density at radius 1 is 1.39 bits per heavy atom. The Morgan fingerprint density at radius 2 is 2.00 bits per heavy atom. The minimum absolute atomic E-state index is 0.101. The molecule has 102 valence electrons. The first-order chi connectivity index (χ1) is 8.28. The molecule has 0 aromatic carbocycles. The number of alkyl halides is 2. The van der Waals surface area contributed by atoms with Gasteiger partial charge in [-0.3, -0.25) is 9.36 Å². The van der Waals surface area contributed by atoms with E-state index < -0.39 is 30.3 Å². The van der Waals surface area contributed by atoms with E-state index in [4.69, 9.17) is 5.11 Å². The lowest BCUT2D eigenvalue weighted by molar-refractivity contribution is -0.0478. The van der Waals surface area contributed by atoms with Crippen molar-refractivity contribution in [3.8, 4) is 0 Å². The van der Waals surface area contributed by atoms with Crippen molar-refractivity contribution in [2.24, 2.45) is 14.1 Å². The van der Waals surface area contributed by atoms with Crippen LogP contribution in [0.4, 0.5) is 8.78 Å². The second-order valence-corrected chi connectivity index (χ2v) is 4.03. The predicted octanol–water partition coefficient (Wildman–Crippen LogP) is -1.20. The van der Waals surface area contributed by atoms with Crippen LogP contribution in [0, 0.1) is 0 Å². The lowest BCUT2D eigenvalue weighted by Crippen LogP contribution is -2.41. The number of aliphatic hydroxyl groups excluding tert-OH is 1. The van der Waals surface area contributed by atoms with Crippen molar-refractivity contribution in [3.05, 3.63) is 32.6 Å². The minimum Gasteiger partial charge on any atom is -0.390 e. The highest BCUT2D eigenvalue weighted by molar-refractivity contribution is 5.05. The summed E-state index contributed by atoms with van der Waals surface area (Å²) < 4.78 is 27.6. The van der Waals surface area contributed by atoms with E-state index >= 15 is 0 Å². The third-order valence-corrected chi connectivity index (χ3v) is 2.45. The number of hydrogen-bond donors (Lipinski definition) is 2. The second kappa shape index (κ2) is 5.40. The fourth-order valence-corrected chi connectivity index (χ4v) is 1.44. The van der Waals surface area contributed by atoms with Gasteiger partial charge in [-0.25, -0.2) is 13.6 Å². The number of halogens is 2. The van der Waals surface area contributed by atoms with Gasteiger partial charge in [0, 0.05) is 32.4 Å². The summed E-state index contributed by atoms with van der Waals surface area (Å²) >= 11 is 0. The zero-order chi connectivity index (χ0) is 13.9. The van der Waals surface area contributed by atoms with Crippen LogP contribution in [0.25, 0.3) is 0 Å². The van der Waals surface area contributed by atoms with Crippen LogP contribution in [0.3, 0.4) is 0 Å². The number of aromatic nitrogens is 2. The average Bonchev–Trinajstić information content (AvgIpc) is 2.33. The molecule has 0 aliphatic carbocycles. The monoisotopic (exact) mass is 263 g/mol. The lowest BCUT2D eigenvalue weighted by Gasteiger charge is -2.14. The summed E-state index contributed by atoms with van der Waals surface area (Å²) in [5, 5.41) is 10.7. The SMILES string of the molecule is Cn1cc(CNCC(F)(F)CO)c(=O)n(C)c1=O. The molecule has 1 rings (SSSR count). The molecule has 0 unspecified atom stereocenters. The standard InChI is InChI=1S/C10H15F2N3O3/c1-14-4-7(8(17)15(2)9(14)18)3-13-5-10(11,12)6-16/h4,13,16H,3,5-6H2,1-2H3. The molecule has 0 saturated heterocycles. The maximum absolute atomic E-state index is 12.7. The smallest absolute Gasteiger partial charge is 0.330 e. The highest BCUT2D eigenvalue weighted by atomic mass is 19.3. The fourth-order valence-electron chi connectivity index (χ4n) is 1.44. The van der Waals surface area contributed by atoms with Crippen LogP contribution in [0.1, 0.15) is 5.56 Å². The summed E-state index contributed by atoms with van der Waals surface area (Å²) in [7, 11) is 2.78. The molecule has 18 heavy (non-hydrogen) atoms. The van der Waals surface area contributed by atoms with Crippen LogP contribution in [-0.4, -0.2) is 33.3 Å². The molecular weight excluding hydrogens is 248 g/mol. The first-order valence-electron chi connectivity index (χ1n) is 5.23. The van der Waals surface area contributed by atoms with Crippen LogP contribution in [0.2, 0.25) is 0 Å². The van der Waals surface area contributed by atoms with Crippen molar-refractivity contribution >= 4 is 0 Å². The van der Waals surface area contributed by atoms with Crippen molar-refractivity contribution < 1.29 is 13.9 Å². The number of nitrogens with one attached hydrogen (secondary N) is 1. The summed E-state index contributed by atoms with van der Waals surface area (Å²) in [6.45, 7) is -2.10. The van der Waals surface area contributed by atoms with Crippen molar-refractivity contribution in [1.82, 2.24) is 14.5 Å². The van der Waals surface area contributed by atoms with E-state index in [2.05, 4.69) is 5.32 Å². The van der Waals surface area contributed by atoms with E-state index in [-0.39, 0.29) is 12.1 Å². The zero-order valence-electron chi connectivity index (χ0n) is 10.1. The molecular formula is C10H15F2N3O3. The Bertz CT molecular complexity index is 536. The summed E-state index contributed by atoms with van der Waals surface area (Å²) in [6, 6.07) is 0. The van der Waals surface area contributed by atoms with Crippen LogP contribution in [-0.2, 0) is 20.6 Å². The summed E-state index contributed by atoms with van der Waals surface area (Å²) in [6.07, 6.45) is 1.30. The molecule has 2 N–H and O–H groups in total. The number of rotatable bonds is 5. The topological polar surface area (TPSA) is 76.3 Å². The average molecular weight is 263 g/mol. The molecule has 0 saturated carbocycles. The van der Waals surface area contributed by atoms with Crippen LogP contribution >= 0.6 is 0 Å². The maximum atomic E-state index is 12.7. The van der Waals surface area contributed by atoms with Crippen LogP contribution in [0.5, 0.6) is 0 Å². The van der Waals surface area contributed by atoms with E-state index in [1.165, 1.54) is 24.9 Å². The van der Waals surface area contributed by atoms with Gasteiger partial charge in [0.25, 0.3) is 11.5 Å². The summed E-state index contributed by atoms with van der Waals surface area (Å²) in [5.41, 5.74) is -0.810. The fraction of sp³-hybridized carbons (Fsp3) is 0.600. The zero-order valence-corrected chi connectivity index (χ0v) is 10.1. The number of aliphatic hydroxyl groups is 1. The highest BCUT2D eigenvalue weighted by Gasteiger charge is 2.26. The van der Waals surface area contributed by atoms with Gasteiger partial charge in [-0.1, -0.05) is 0 Å². The third kappa shape index (κ3) is 3.23. The quantitative estimate of drug-likeness (QED) is 0.700. The van der Waals surface area contributed by atoms with Gasteiger partial charge in [-0.2, -0.15) is 0 Å². The van der Waals surface area contributed by atoms with E-state index in [1.807, 2.05) is 0 Å². The van der Waals surface area contributed by atoms with Crippen molar-refractivity contribution in [3.63, 3.8) is 0 Å². The Kier molecular flexibility index (Phi) is 4.36. The van der Waals surface area contributed by atoms with Crippen molar-refractivity contribution in [1.29, 1.82) is 0 Å². The molecule has 1 aromatic rings. The molecule has 0 atom stereocenters. The van der Waals surface area contributed by atoms with Crippen molar-refractivity contribution in [2.75, 3.05) is 13.2 Å². The number of hydrogen-bond acceptors (Lipinski definition) is 4. The largest absolute Gasteiger partial charge is 0.390 e. The Balaban J connectivity index is 2.82. The second-order valence-electron chi connectivity index (χ2n) is 4.03. The third-order valence-electron chi connectivity index (χ3n) is 2.45. The number of aryl methyl sites for hydroxylation is 1. The predicted molar refractivity (Wildman–Crippen MR) is 60.7 cm³/mol. The van der Waals surface area contributed by atoms with E-state index in [0.29, 0.717) is 0 Å². The van der Waals surface area contributed by atoms with Crippen LogP contribution < -0.4 is 16.6 Å². The Labute approximate surface area is 101 Å². The van der Waals surface area contributed by atoms with E-state index in [0.717, 1.165) is 4.57 Å². The molecule has 1 heterocycles. The summed E-state index contributed by atoms with van der Waals surface area (Å²) in [5.74, 6) is -3.23. The highest BCUT2D eigenvalue weighted by Crippen LogP contribution is 2.09. The van der Waals surface area contributed by atoms with Gasteiger partial charge >= 0.3 is 5.69 Å². The van der Waals surface area contributed by atoms with Gasteiger partial charge in [0.05, 0.1) is 6.54 Å². The van der Waals surface area contributed by atoms with Gasteiger partial charge in [0.1, 0.15) is 6.61 Å². The van der Waals surface area contributed by atoms with Gasteiger partial charge in [-0.15, -0.1) is 0 Å². The van der Waals surface area contributed by atoms with Gasteiger partial charge in [-0.05, 0) is 0 Å². The first-order valence-corrected chi connectivity index (χ1v) is 5.23. The normalized spacial score (nSPS) is 11.8. The molecule has 1 aromatic heterocycles. The van der Waals surface area contributed by atoms with Gasteiger partial charge < -0.3 is 15.0 Å². The van der Waals surface area contributed by atoms with Gasteiger partial charge in [0.2, 0.25) is 0 Å².